The Kier molecular flexibility index (Phi) is 3.70. The van der Waals surface area contributed by atoms with Crippen molar-refractivity contribution in [1.29, 1.82) is 0 Å². The quantitative estimate of drug-likeness (QED) is 0.795. The molecule has 1 unspecified atom stereocenters. The van der Waals surface area contributed by atoms with Gasteiger partial charge in [-0.3, -0.25) is 9.59 Å². The van der Waals surface area contributed by atoms with E-state index in [1.54, 1.807) is 16.7 Å². The molecular weight excluding hydrogens is 296 g/mol. The Labute approximate surface area is 136 Å². The van der Waals surface area contributed by atoms with Crippen LogP contribution in [0.2, 0.25) is 0 Å². The summed E-state index contributed by atoms with van der Waals surface area (Å²) in [5, 5.41) is 0. The molecule has 0 aromatic heterocycles. The highest BCUT2D eigenvalue weighted by Crippen LogP contribution is 2.36. The van der Waals surface area contributed by atoms with Gasteiger partial charge in [0.15, 0.2) is 11.5 Å². The third-order valence-electron chi connectivity index (χ3n) is 4.23. The minimum Gasteiger partial charge on any atom is -0.454 e. The fourth-order valence-electron chi connectivity index (χ4n) is 2.89. The Morgan fingerprint density at radius 1 is 1.17 bits per heavy atom. The molecule has 6 heteroatoms. The van der Waals surface area contributed by atoms with Gasteiger partial charge in [-0.2, -0.15) is 0 Å². The second-order valence-corrected chi connectivity index (χ2v) is 6.95. The predicted molar refractivity (Wildman–Crippen MR) is 85.5 cm³/mol. The van der Waals surface area contributed by atoms with Gasteiger partial charge in [-0.15, -0.1) is 0 Å². The predicted octanol–water partition coefficient (Wildman–Crippen LogP) is 2.03. The molecule has 0 bridgehead atoms. The SMILES string of the molecule is CC1C(=O)N(c2ccc3c(c2)OCO3)CCN1C(=O)C(C)(C)C. The molecule has 2 aliphatic rings. The minimum atomic E-state index is -0.491. The maximum absolute atomic E-state index is 12.7. The highest BCUT2D eigenvalue weighted by molar-refractivity contribution is 6.00. The average molecular weight is 318 g/mol. The van der Waals surface area contributed by atoms with Crippen molar-refractivity contribution in [3.63, 3.8) is 0 Å². The molecule has 2 heterocycles. The molecule has 1 fully saturated rings. The van der Waals surface area contributed by atoms with E-state index in [4.69, 9.17) is 9.47 Å². The van der Waals surface area contributed by atoms with Crippen molar-refractivity contribution in [3.05, 3.63) is 18.2 Å². The molecule has 124 valence electrons. The van der Waals surface area contributed by atoms with E-state index in [1.165, 1.54) is 0 Å². The van der Waals surface area contributed by atoms with Crippen molar-refractivity contribution in [2.75, 3.05) is 24.8 Å². The summed E-state index contributed by atoms with van der Waals surface area (Å²) in [4.78, 5) is 28.6. The Morgan fingerprint density at radius 3 is 2.57 bits per heavy atom. The zero-order valence-electron chi connectivity index (χ0n) is 14.0. The van der Waals surface area contributed by atoms with Gasteiger partial charge in [-0.05, 0) is 19.1 Å². The van der Waals surface area contributed by atoms with E-state index < -0.39 is 11.5 Å². The minimum absolute atomic E-state index is 0.00341. The lowest BCUT2D eigenvalue weighted by Gasteiger charge is -2.41. The van der Waals surface area contributed by atoms with Crippen LogP contribution in [-0.2, 0) is 9.59 Å². The number of piperazine rings is 1. The van der Waals surface area contributed by atoms with Crippen molar-refractivity contribution in [2.24, 2.45) is 5.41 Å². The number of nitrogens with zero attached hydrogens (tertiary/aromatic N) is 2. The van der Waals surface area contributed by atoms with E-state index in [1.807, 2.05) is 39.0 Å². The number of fused-ring (bicyclic) bond motifs is 1. The van der Waals surface area contributed by atoms with Crippen LogP contribution in [0, 0.1) is 5.41 Å². The van der Waals surface area contributed by atoms with Crippen LogP contribution in [0.1, 0.15) is 27.7 Å². The number of ether oxygens (including phenoxy) is 2. The maximum Gasteiger partial charge on any atom is 0.249 e. The first-order valence-corrected chi connectivity index (χ1v) is 7.81. The van der Waals surface area contributed by atoms with Crippen molar-refractivity contribution in [1.82, 2.24) is 4.90 Å². The van der Waals surface area contributed by atoms with E-state index >= 15 is 0 Å². The molecule has 3 rings (SSSR count). The summed E-state index contributed by atoms with van der Waals surface area (Å²) in [7, 11) is 0. The topological polar surface area (TPSA) is 59.1 Å². The monoisotopic (exact) mass is 318 g/mol. The molecule has 2 aliphatic heterocycles. The lowest BCUT2D eigenvalue weighted by atomic mass is 9.93. The number of hydrogen-bond donors (Lipinski definition) is 0. The number of benzene rings is 1. The smallest absolute Gasteiger partial charge is 0.249 e. The number of rotatable bonds is 1. The number of amides is 2. The standard InChI is InChI=1S/C17H22N2O4/c1-11-15(20)19(8-7-18(11)16(21)17(2,3)4)12-5-6-13-14(9-12)23-10-22-13/h5-6,9,11H,7-8,10H2,1-4H3. The van der Waals surface area contributed by atoms with Crippen LogP contribution in [0.25, 0.3) is 0 Å². The van der Waals surface area contributed by atoms with Crippen molar-refractivity contribution in [3.8, 4) is 11.5 Å². The first kappa shape index (κ1) is 15.6. The van der Waals surface area contributed by atoms with Crippen molar-refractivity contribution >= 4 is 17.5 Å². The van der Waals surface area contributed by atoms with Gasteiger partial charge in [-0.25, -0.2) is 0 Å². The fraction of sp³-hybridized carbons (Fsp3) is 0.529. The van der Waals surface area contributed by atoms with Gasteiger partial charge in [0.1, 0.15) is 6.04 Å². The Morgan fingerprint density at radius 2 is 1.87 bits per heavy atom. The van der Waals surface area contributed by atoms with Gasteiger partial charge in [0.2, 0.25) is 18.6 Å². The first-order chi connectivity index (χ1) is 10.8. The maximum atomic E-state index is 12.7. The van der Waals surface area contributed by atoms with Gasteiger partial charge in [-0.1, -0.05) is 20.8 Å². The van der Waals surface area contributed by atoms with Crippen LogP contribution < -0.4 is 14.4 Å². The summed E-state index contributed by atoms with van der Waals surface area (Å²) >= 11 is 0. The Hall–Kier alpha value is -2.24. The number of hydrogen-bond acceptors (Lipinski definition) is 4. The third kappa shape index (κ3) is 2.73. The molecule has 1 saturated heterocycles. The zero-order valence-corrected chi connectivity index (χ0v) is 14.0. The normalized spacial score (nSPS) is 20.9. The molecule has 0 saturated carbocycles. The van der Waals surface area contributed by atoms with Gasteiger partial charge >= 0.3 is 0 Å². The molecule has 2 amide bonds. The summed E-state index contributed by atoms with van der Waals surface area (Å²) in [6.45, 7) is 8.61. The van der Waals surface area contributed by atoms with Crippen molar-refractivity contribution < 1.29 is 19.1 Å². The molecule has 1 aromatic rings. The van der Waals surface area contributed by atoms with E-state index in [0.29, 0.717) is 24.6 Å². The zero-order chi connectivity index (χ0) is 16.8. The number of carbonyl (C=O) groups excluding carboxylic acids is 2. The van der Waals surface area contributed by atoms with E-state index in [9.17, 15) is 9.59 Å². The molecule has 23 heavy (non-hydrogen) atoms. The van der Waals surface area contributed by atoms with Crippen molar-refractivity contribution in [2.45, 2.75) is 33.7 Å². The van der Waals surface area contributed by atoms with Gasteiger partial charge in [0, 0.05) is 30.3 Å². The van der Waals surface area contributed by atoms with Crippen LogP contribution in [-0.4, -0.2) is 42.6 Å². The van der Waals surface area contributed by atoms with E-state index in [0.717, 1.165) is 5.69 Å². The second kappa shape index (κ2) is 5.44. The Bertz CT molecular complexity index is 650. The Balaban J connectivity index is 1.80. The third-order valence-corrected chi connectivity index (χ3v) is 4.23. The summed E-state index contributed by atoms with van der Waals surface area (Å²) in [6.07, 6.45) is 0. The number of carbonyl (C=O) groups is 2. The molecule has 1 aromatic carbocycles. The first-order valence-electron chi connectivity index (χ1n) is 7.81. The van der Waals surface area contributed by atoms with Gasteiger partial charge in [0.25, 0.3) is 0 Å². The lowest BCUT2D eigenvalue weighted by molar-refractivity contribution is -0.147. The molecular formula is C17H22N2O4. The second-order valence-electron chi connectivity index (χ2n) is 6.95. The molecule has 0 aliphatic carbocycles. The van der Waals surface area contributed by atoms with Crippen LogP contribution in [0.3, 0.4) is 0 Å². The highest BCUT2D eigenvalue weighted by atomic mass is 16.7. The summed E-state index contributed by atoms with van der Waals surface area (Å²) in [5.74, 6) is 1.27. The van der Waals surface area contributed by atoms with Crippen LogP contribution in [0.4, 0.5) is 5.69 Å². The van der Waals surface area contributed by atoms with E-state index in [-0.39, 0.29) is 18.6 Å². The van der Waals surface area contributed by atoms with Gasteiger partial charge in [0.05, 0.1) is 0 Å². The summed E-state index contributed by atoms with van der Waals surface area (Å²) < 4.78 is 10.7. The van der Waals surface area contributed by atoms with E-state index in [2.05, 4.69) is 0 Å². The van der Waals surface area contributed by atoms with Crippen LogP contribution in [0.15, 0.2) is 18.2 Å². The fourth-order valence-corrected chi connectivity index (χ4v) is 2.89. The summed E-state index contributed by atoms with van der Waals surface area (Å²) in [5.41, 5.74) is 0.282. The molecule has 0 spiro atoms. The molecule has 0 N–H and O–H groups in total. The average Bonchev–Trinajstić information content (AvgIpc) is 2.95. The van der Waals surface area contributed by atoms with Gasteiger partial charge < -0.3 is 19.3 Å². The molecule has 0 radical (unpaired) electrons. The lowest BCUT2D eigenvalue weighted by Crippen LogP contribution is -2.59. The van der Waals surface area contributed by atoms with Crippen LogP contribution >= 0.6 is 0 Å². The largest absolute Gasteiger partial charge is 0.454 e. The van der Waals surface area contributed by atoms with Crippen LogP contribution in [0.5, 0.6) is 11.5 Å². The highest BCUT2D eigenvalue weighted by Gasteiger charge is 2.38. The summed E-state index contributed by atoms with van der Waals surface area (Å²) in [6, 6.07) is 5.00. The molecule has 1 atom stereocenters. The number of anilines is 1. The molecule has 6 nitrogen and oxygen atoms in total.